The summed E-state index contributed by atoms with van der Waals surface area (Å²) in [6.45, 7) is 18.8. The normalized spacial score (nSPS) is 11.4. The molecule has 0 aromatic rings. The van der Waals surface area contributed by atoms with E-state index < -0.39 is 15.5 Å². The average molecular weight is 533 g/mol. The van der Waals surface area contributed by atoms with Crippen molar-refractivity contribution in [3.05, 3.63) is 0 Å². The third-order valence-corrected chi connectivity index (χ3v) is 7.17. The van der Waals surface area contributed by atoms with Crippen molar-refractivity contribution >= 4 is 65.7 Å². The van der Waals surface area contributed by atoms with Gasteiger partial charge in [0.15, 0.2) is 0 Å². The molecule has 21 heavy (non-hydrogen) atoms. The second-order valence-corrected chi connectivity index (χ2v) is 38.5. The SMILES string of the molecule is CP(C)CCP(C)C.CP(C)CCP(C)C.[Cl][Zr]([Cl])([Cl])[Cl]. The molecule has 0 radical (unpaired) electrons. The first-order valence-corrected chi connectivity index (χ1v) is 28.9. The molecule has 0 aliphatic carbocycles. The molecule has 0 rings (SSSR count). The molecule has 9 heteroatoms. The van der Waals surface area contributed by atoms with E-state index in [0.29, 0.717) is 31.7 Å². The van der Waals surface area contributed by atoms with Gasteiger partial charge in [-0.1, -0.05) is 0 Å². The Morgan fingerprint density at radius 1 is 0.476 bits per heavy atom. The monoisotopic (exact) mass is 530 g/mol. The second kappa shape index (κ2) is 18.6. The fourth-order valence-electron chi connectivity index (χ4n) is 0.800. The Balaban J connectivity index is -0.000000239. The first-order valence-electron chi connectivity index (χ1n) is 6.60. The molecule has 0 saturated carbocycles. The molecule has 0 aromatic heterocycles. The van der Waals surface area contributed by atoms with Crippen molar-refractivity contribution in [2.45, 2.75) is 0 Å². The number of rotatable bonds is 6. The van der Waals surface area contributed by atoms with Crippen LogP contribution >= 0.6 is 65.7 Å². The summed E-state index contributed by atoms with van der Waals surface area (Å²) < 4.78 is 0. The van der Waals surface area contributed by atoms with E-state index in [9.17, 15) is 0 Å². The standard InChI is InChI=1S/2C6H16P2.4ClH.Zr/c2*1-7(2)5-6-8(3)4;;;;;/h2*5-6H2,1-4H3;4*1H;/q;;;;;;+4/p-4. The first-order chi connectivity index (χ1) is 9.25. The van der Waals surface area contributed by atoms with Gasteiger partial charge < -0.3 is 0 Å². The van der Waals surface area contributed by atoms with Crippen LogP contribution < -0.4 is 0 Å². The molecule has 0 heterocycles. The van der Waals surface area contributed by atoms with Gasteiger partial charge >= 0.3 is 49.5 Å². The van der Waals surface area contributed by atoms with Crippen LogP contribution in [-0.2, 0) is 15.5 Å². The Labute approximate surface area is 157 Å². The second-order valence-electron chi connectivity index (χ2n) is 5.64. The molecule has 0 aliphatic heterocycles. The zero-order valence-electron chi connectivity index (χ0n) is 14.6. The summed E-state index contributed by atoms with van der Waals surface area (Å²) in [6, 6.07) is 0. The van der Waals surface area contributed by atoms with Crippen molar-refractivity contribution in [1.82, 2.24) is 0 Å². The van der Waals surface area contributed by atoms with Crippen LogP contribution in [0.3, 0.4) is 0 Å². The van der Waals surface area contributed by atoms with Crippen LogP contribution in [0.15, 0.2) is 0 Å². The van der Waals surface area contributed by atoms with Gasteiger partial charge in [0.2, 0.25) is 0 Å². The van der Waals surface area contributed by atoms with E-state index in [-0.39, 0.29) is 0 Å². The van der Waals surface area contributed by atoms with E-state index in [1.807, 2.05) is 0 Å². The van der Waals surface area contributed by atoms with Gasteiger partial charge in [-0.05, 0) is 78.0 Å². The van der Waals surface area contributed by atoms with Crippen molar-refractivity contribution in [3.8, 4) is 0 Å². The molecule has 0 unspecified atom stereocenters. The fraction of sp³-hybridized carbons (Fsp3) is 1.00. The molecule has 0 bridgehead atoms. The van der Waals surface area contributed by atoms with Crippen molar-refractivity contribution < 1.29 is 15.5 Å². The maximum atomic E-state index is 5.04. The van der Waals surface area contributed by atoms with Crippen LogP contribution in [0, 0.1) is 0 Å². The Morgan fingerprint density at radius 3 is 0.619 bits per heavy atom. The molecule has 0 nitrogen and oxygen atoms in total. The summed E-state index contributed by atoms with van der Waals surface area (Å²) in [5, 5.41) is 0. The summed E-state index contributed by atoms with van der Waals surface area (Å²) in [5.74, 6) is 0. The fourth-order valence-corrected chi connectivity index (χ4v) is 7.20. The zero-order valence-corrected chi connectivity index (χ0v) is 23.7. The molecule has 0 saturated heterocycles. The number of hydrogen-bond donors (Lipinski definition) is 0. The summed E-state index contributed by atoms with van der Waals surface area (Å²) in [6.07, 6.45) is 5.92. The van der Waals surface area contributed by atoms with E-state index in [1.54, 1.807) is 0 Å². The first kappa shape index (κ1) is 29.5. The summed E-state index contributed by atoms with van der Waals surface area (Å²) in [7, 11) is 21.7. The molecule has 0 spiro atoms. The van der Waals surface area contributed by atoms with E-state index in [4.69, 9.17) is 34.1 Å². The predicted octanol–water partition coefficient (Wildman–Crippen LogP) is 7.69. The molecule has 0 fully saturated rings. The van der Waals surface area contributed by atoms with Gasteiger partial charge in [0, 0.05) is 0 Å². The van der Waals surface area contributed by atoms with Gasteiger partial charge in [0.1, 0.15) is 0 Å². The topological polar surface area (TPSA) is 0 Å². The van der Waals surface area contributed by atoms with E-state index >= 15 is 0 Å². The van der Waals surface area contributed by atoms with Crippen molar-refractivity contribution in [2.24, 2.45) is 0 Å². The molecule has 0 atom stereocenters. The van der Waals surface area contributed by atoms with E-state index in [0.717, 1.165) is 0 Å². The van der Waals surface area contributed by atoms with Crippen molar-refractivity contribution in [3.63, 3.8) is 0 Å². The molecular weight excluding hydrogens is 501 g/mol. The van der Waals surface area contributed by atoms with Gasteiger partial charge in [-0.2, -0.15) is 0 Å². The summed E-state index contributed by atoms with van der Waals surface area (Å²) in [5.41, 5.74) is 0. The van der Waals surface area contributed by atoms with Crippen molar-refractivity contribution in [1.29, 1.82) is 0 Å². The van der Waals surface area contributed by atoms with Crippen LogP contribution in [0.1, 0.15) is 0 Å². The zero-order chi connectivity index (χ0) is 17.6. The molecular formula is C12H32Cl4P4Zr. The van der Waals surface area contributed by atoms with Crippen LogP contribution in [-0.4, -0.2) is 78.0 Å². The van der Waals surface area contributed by atoms with Gasteiger partial charge in [-0.25, -0.2) is 0 Å². The van der Waals surface area contributed by atoms with Crippen LogP contribution in [0.2, 0.25) is 0 Å². The minimum absolute atomic E-state index is 0.383. The molecule has 0 aliphatic rings. The molecule has 0 aromatic carbocycles. The van der Waals surface area contributed by atoms with Crippen LogP contribution in [0.5, 0.6) is 0 Å². The van der Waals surface area contributed by atoms with E-state index in [2.05, 4.69) is 53.3 Å². The Bertz CT molecular complexity index is 174. The number of halogens is 4. The van der Waals surface area contributed by atoms with Crippen LogP contribution in [0.4, 0.5) is 0 Å². The van der Waals surface area contributed by atoms with Gasteiger partial charge in [0.25, 0.3) is 0 Å². The van der Waals surface area contributed by atoms with E-state index in [1.165, 1.54) is 24.6 Å². The Morgan fingerprint density at radius 2 is 0.571 bits per heavy atom. The summed E-state index contributed by atoms with van der Waals surface area (Å²) >= 11 is -3.29. The Hall–Kier alpha value is 3.76. The molecule has 0 amide bonds. The number of hydrogen-bond acceptors (Lipinski definition) is 0. The van der Waals surface area contributed by atoms with Gasteiger partial charge in [-0.15, -0.1) is 31.7 Å². The summed E-state index contributed by atoms with van der Waals surface area (Å²) in [4.78, 5) is 0. The third kappa shape index (κ3) is 59.4. The molecule has 132 valence electrons. The van der Waals surface area contributed by atoms with Gasteiger partial charge in [0.05, 0.1) is 0 Å². The maximum absolute atomic E-state index is 5.04. The van der Waals surface area contributed by atoms with Gasteiger partial charge in [-0.3, -0.25) is 0 Å². The molecule has 0 N–H and O–H groups in total. The minimum atomic E-state index is -3.29. The Kier molecular flexibility index (Phi) is 26.1. The van der Waals surface area contributed by atoms with Crippen molar-refractivity contribution in [2.75, 3.05) is 78.0 Å². The quantitative estimate of drug-likeness (QED) is 0.307. The third-order valence-electron chi connectivity index (χ3n) is 1.99. The van der Waals surface area contributed by atoms with Crippen LogP contribution in [0.25, 0.3) is 0 Å². The predicted molar refractivity (Wildman–Crippen MR) is 118 cm³/mol. The average Bonchev–Trinajstić information content (AvgIpc) is 2.22.